The third-order valence-corrected chi connectivity index (χ3v) is 2.83. The highest BCUT2D eigenvalue weighted by Crippen LogP contribution is 2.31. The highest BCUT2D eigenvalue weighted by Gasteiger charge is 2.38. The van der Waals surface area contributed by atoms with E-state index in [4.69, 9.17) is 5.11 Å². The topological polar surface area (TPSA) is 61.4 Å². The first-order chi connectivity index (χ1) is 6.13. The van der Waals surface area contributed by atoms with Crippen molar-refractivity contribution in [1.82, 2.24) is 10.6 Å². The zero-order valence-corrected chi connectivity index (χ0v) is 8.26. The molecule has 0 spiro atoms. The normalized spacial score (nSPS) is 21.8. The Balaban J connectivity index is 2.42. The summed E-state index contributed by atoms with van der Waals surface area (Å²) in [6.45, 7) is 1.86. The van der Waals surface area contributed by atoms with E-state index in [0.29, 0.717) is 0 Å². The summed E-state index contributed by atoms with van der Waals surface area (Å²) < 4.78 is 0. The molecule has 0 aromatic heterocycles. The quantitative estimate of drug-likeness (QED) is 0.561. The molecule has 1 aliphatic carbocycles. The van der Waals surface area contributed by atoms with Crippen LogP contribution >= 0.6 is 0 Å². The van der Waals surface area contributed by atoms with E-state index in [9.17, 15) is 4.79 Å². The lowest BCUT2D eigenvalue weighted by molar-refractivity contribution is -0.126. The van der Waals surface area contributed by atoms with Crippen LogP contribution in [0.5, 0.6) is 0 Å². The van der Waals surface area contributed by atoms with Crippen molar-refractivity contribution in [3.05, 3.63) is 0 Å². The minimum absolute atomic E-state index is 0.0312. The predicted octanol–water partition coefficient (Wildman–Crippen LogP) is -0.374. The molecule has 0 aromatic rings. The van der Waals surface area contributed by atoms with Crippen LogP contribution in [0.2, 0.25) is 0 Å². The van der Waals surface area contributed by atoms with Crippen LogP contribution in [0.4, 0.5) is 0 Å². The van der Waals surface area contributed by atoms with Crippen molar-refractivity contribution in [2.75, 3.05) is 13.7 Å². The Labute approximate surface area is 78.7 Å². The van der Waals surface area contributed by atoms with Gasteiger partial charge in [0.25, 0.3) is 0 Å². The Bertz CT molecular complexity index is 185. The lowest BCUT2D eigenvalue weighted by atomic mass is 9.77. The van der Waals surface area contributed by atoms with Gasteiger partial charge in [-0.15, -0.1) is 0 Å². The number of carbonyl (C=O) groups excluding carboxylic acids is 1. The van der Waals surface area contributed by atoms with Crippen LogP contribution in [0, 0.1) is 0 Å². The average Bonchev–Trinajstić information content (AvgIpc) is 2.09. The van der Waals surface area contributed by atoms with Crippen LogP contribution < -0.4 is 10.6 Å². The van der Waals surface area contributed by atoms with Crippen molar-refractivity contribution in [2.24, 2.45) is 0 Å². The van der Waals surface area contributed by atoms with Crippen LogP contribution in [0.15, 0.2) is 0 Å². The third-order valence-electron chi connectivity index (χ3n) is 2.83. The summed E-state index contributed by atoms with van der Waals surface area (Å²) in [5.41, 5.74) is -0.317. The summed E-state index contributed by atoms with van der Waals surface area (Å²) in [7, 11) is 1.75. The predicted molar refractivity (Wildman–Crippen MR) is 50.3 cm³/mol. The molecule has 4 heteroatoms. The largest absolute Gasteiger partial charge is 0.394 e. The molecule has 1 amide bonds. The van der Waals surface area contributed by atoms with Crippen molar-refractivity contribution in [3.63, 3.8) is 0 Å². The molecule has 0 aromatic carbocycles. The standard InChI is InChI=1S/C9H18N2O2/c1-7(10-2)8(13)11-9(6-12)4-3-5-9/h7,10,12H,3-6H2,1-2H3,(H,11,13). The van der Waals surface area contributed by atoms with E-state index < -0.39 is 0 Å². The van der Waals surface area contributed by atoms with Crippen LogP contribution in [-0.2, 0) is 4.79 Å². The van der Waals surface area contributed by atoms with E-state index in [0.717, 1.165) is 19.3 Å². The fraction of sp³-hybridized carbons (Fsp3) is 0.889. The van der Waals surface area contributed by atoms with E-state index in [1.165, 1.54) is 0 Å². The van der Waals surface area contributed by atoms with Gasteiger partial charge in [-0.3, -0.25) is 4.79 Å². The maximum Gasteiger partial charge on any atom is 0.237 e. The summed E-state index contributed by atoms with van der Waals surface area (Å²) in [6, 6.07) is -0.191. The minimum Gasteiger partial charge on any atom is -0.394 e. The molecule has 1 atom stereocenters. The summed E-state index contributed by atoms with van der Waals surface area (Å²) >= 11 is 0. The molecule has 13 heavy (non-hydrogen) atoms. The van der Waals surface area contributed by atoms with Crippen molar-refractivity contribution >= 4 is 5.91 Å². The SMILES string of the molecule is CNC(C)C(=O)NC1(CO)CCC1. The van der Waals surface area contributed by atoms with Crippen molar-refractivity contribution in [3.8, 4) is 0 Å². The first kappa shape index (κ1) is 10.5. The first-order valence-corrected chi connectivity index (χ1v) is 4.74. The average molecular weight is 186 g/mol. The molecule has 1 saturated carbocycles. The molecular formula is C9H18N2O2. The van der Waals surface area contributed by atoms with Gasteiger partial charge >= 0.3 is 0 Å². The fourth-order valence-electron chi connectivity index (χ4n) is 1.43. The van der Waals surface area contributed by atoms with E-state index in [-0.39, 0.29) is 24.1 Å². The molecule has 0 heterocycles. The van der Waals surface area contributed by atoms with Gasteiger partial charge in [0.05, 0.1) is 18.2 Å². The summed E-state index contributed by atoms with van der Waals surface area (Å²) in [5.74, 6) is -0.0312. The molecule has 1 unspecified atom stereocenters. The number of nitrogens with one attached hydrogen (secondary N) is 2. The highest BCUT2D eigenvalue weighted by atomic mass is 16.3. The number of aliphatic hydroxyl groups is 1. The van der Waals surface area contributed by atoms with Crippen LogP contribution in [0.1, 0.15) is 26.2 Å². The number of carbonyl (C=O) groups is 1. The smallest absolute Gasteiger partial charge is 0.237 e. The van der Waals surface area contributed by atoms with Gasteiger partial charge in [-0.2, -0.15) is 0 Å². The van der Waals surface area contributed by atoms with Crippen molar-refractivity contribution in [2.45, 2.75) is 37.8 Å². The number of hydrogen-bond acceptors (Lipinski definition) is 3. The Kier molecular flexibility index (Phi) is 3.27. The second-order valence-electron chi connectivity index (χ2n) is 3.79. The molecule has 0 aliphatic heterocycles. The molecule has 0 saturated heterocycles. The Morgan fingerprint density at radius 1 is 1.62 bits per heavy atom. The molecule has 0 radical (unpaired) electrons. The highest BCUT2D eigenvalue weighted by molar-refractivity contribution is 5.82. The molecular weight excluding hydrogens is 168 g/mol. The number of hydrogen-bond donors (Lipinski definition) is 3. The maximum atomic E-state index is 11.5. The van der Waals surface area contributed by atoms with Gasteiger partial charge in [0.1, 0.15) is 0 Å². The first-order valence-electron chi connectivity index (χ1n) is 4.74. The zero-order valence-electron chi connectivity index (χ0n) is 8.26. The maximum absolute atomic E-state index is 11.5. The monoisotopic (exact) mass is 186 g/mol. The molecule has 0 bridgehead atoms. The van der Waals surface area contributed by atoms with Crippen LogP contribution in [0.25, 0.3) is 0 Å². The Morgan fingerprint density at radius 3 is 2.54 bits per heavy atom. The lowest BCUT2D eigenvalue weighted by Gasteiger charge is -2.41. The van der Waals surface area contributed by atoms with Crippen molar-refractivity contribution in [1.29, 1.82) is 0 Å². The summed E-state index contributed by atoms with van der Waals surface area (Å²) in [4.78, 5) is 11.5. The van der Waals surface area contributed by atoms with Crippen LogP contribution in [-0.4, -0.2) is 36.2 Å². The van der Waals surface area contributed by atoms with Gasteiger partial charge in [0, 0.05) is 0 Å². The van der Waals surface area contributed by atoms with Gasteiger partial charge in [0.15, 0.2) is 0 Å². The number of amides is 1. The number of likely N-dealkylation sites (N-methyl/N-ethyl adjacent to an activating group) is 1. The molecule has 3 N–H and O–H groups in total. The van der Waals surface area contributed by atoms with Gasteiger partial charge in [0.2, 0.25) is 5.91 Å². The van der Waals surface area contributed by atoms with Gasteiger partial charge in [-0.05, 0) is 33.2 Å². The van der Waals surface area contributed by atoms with E-state index in [1.54, 1.807) is 14.0 Å². The molecule has 76 valence electrons. The van der Waals surface area contributed by atoms with E-state index in [1.807, 2.05) is 0 Å². The Morgan fingerprint density at radius 2 is 2.23 bits per heavy atom. The van der Waals surface area contributed by atoms with Crippen molar-refractivity contribution < 1.29 is 9.90 Å². The van der Waals surface area contributed by atoms with Gasteiger partial charge in [-0.1, -0.05) is 0 Å². The summed E-state index contributed by atoms with van der Waals surface area (Å²) in [6.07, 6.45) is 2.88. The molecule has 4 nitrogen and oxygen atoms in total. The molecule has 1 fully saturated rings. The molecule has 1 rings (SSSR count). The minimum atomic E-state index is -0.317. The fourth-order valence-corrected chi connectivity index (χ4v) is 1.43. The molecule has 1 aliphatic rings. The zero-order chi connectivity index (χ0) is 9.90. The van der Waals surface area contributed by atoms with Crippen LogP contribution in [0.3, 0.4) is 0 Å². The van der Waals surface area contributed by atoms with Gasteiger partial charge in [-0.25, -0.2) is 0 Å². The second-order valence-corrected chi connectivity index (χ2v) is 3.79. The lowest BCUT2D eigenvalue weighted by Crippen LogP contribution is -2.59. The second kappa shape index (κ2) is 4.07. The van der Waals surface area contributed by atoms with E-state index >= 15 is 0 Å². The third kappa shape index (κ3) is 2.19. The summed E-state index contributed by atoms with van der Waals surface area (Å²) in [5, 5.41) is 14.8. The number of rotatable bonds is 4. The van der Waals surface area contributed by atoms with E-state index in [2.05, 4.69) is 10.6 Å². The van der Waals surface area contributed by atoms with Gasteiger partial charge < -0.3 is 15.7 Å². The Hall–Kier alpha value is -0.610. The number of aliphatic hydroxyl groups excluding tert-OH is 1.